The summed E-state index contributed by atoms with van der Waals surface area (Å²) in [7, 11) is 0. The zero-order valence-electron chi connectivity index (χ0n) is 10.5. The number of hydrogen-bond acceptors (Lipinski definition) is 2. The molecule has 0 saturated carbocycles. The van der Waals surface area contributed by atoms with E-state index in [9.17, 15) is 4.79 Å². The highest BCUT2D eigenvalue weighted by atomic mass is 35.5. The van der Waals surface area contributed by atoms with E-state index >= 15 is 0 Å². The third-order valence-electron chi connectivity index (χ3n) is 3.22. The Morgan fingerprint density at radius 3 is 3.06 bits per heavy atom. The van der Waals surface area contributed by atoms with Crippen LogP contribution in [0.5, 0.6) is 0 Å². The van der Waals surface area contributed by atoms with E-state index in [0.717, 1.165) is 12.8 Å². The molecule has 1 aliphatic rings. The van der Waals surface area contributed by atoms with Crippen LogP contribution in [-0.4, -0.2) is 22.2 Å². The predicted molar refractivity (Wildman–Crippen MR) is 71.5 cm³/mol. The fraction of sp³-hybridized carbons (Fsp3) is 0.538. The van der Waals surface area contributed by atoms with Gasteiger partial charge in [-0.15, -0.1) is 0 Å². The fourth-order valence-corrected chi connectivity index (χ4v) is 2.20. The van der Waals surface area contributed by atoms with E-state index in [-0.39, 0.29) is 11.9 Å². The first kappa shape index (κ1) is 13.1. The van der Waals surface area contributed by atoms with Crippen molar-refractivity contribution in [2.24, 2.45) is 0 Å². The van der Waals surface area contributed by atoms with Crippen LogP contribution in [0.3, 0.4) is 0 Å². The van der Waals surface area contributed by atoms with E-state index in [0.29, 0.717) is 11.6 Å². The molecule has 1 N–H and O–H groups in total. The van der Waals surface area contributed by atoms with Gasteiger partial charge in [-0.3, -0.25) is 9.48 Å². The molecule has 1 aliphatic carbocycles. The number of rotatable bonds is 4. The number of carbonyl (C=O) groups is 1. The standard InChI is InChI=1S/C13H18ClN3O/c1-10(17-9-12(14)8-16-17)13(18)15-7-11-5-3-2-4-6-11/h5,8-10H,2-4,6-7H2,1H3,(H,15,18). The lowest BCUT2D eigenvalue weighted by molar-refractivity contribution is -0.123. The largest absolute Gasteiger partial charge is 0.351 e. The van der Waals surface area contributed by atoms with Gasteiger partial charge in [-0.05, 0) is 32.6 Å². The van der Waals surface area contributed by atoms with Crippen molar-refractivity contribution in [2.45, 2.75) is 38.6 Å². The Hall–Kier alpha value is -1.29. The molecule has 1 unspecified atom stereocenters. The number of aromatic nitrogens is 2. The van der Waals surface area contributed by atoms with Crippen LogP contribution in [0.2, 0.25) is 5.02 Å². The van der Waals surface area contributed by atoms with Crippen molar-refractivity contribution in [3.63, 3.8) is 0 Å². The topological polar surface area (TPSA) is 46.9 Å². The number of nitrogens with zero attached hydrogens (tertiary/aromatic N) is 2. The first-order valence-corrected chi connectivity index (χ1v) is 6.70. The molecule has 0 aromatic carbocycles. The van der Waals surface area contributed by atoms with Gasteiger partial charge in [0.1, 0.15) is 6.04 Å². The Balaban J connectivity index is 1.86. The zero-order valence-corrected chi connectivity index (χ0v) is 11.3. The zero-order chi connectivity index (χ0) is 13.0. The number of amides is 1. The van der Waals surface area contributed by atoms with E-state index in [1.807, 2.05) is 6.92 Å². The summed E-state index contributed by atoms with van der Waals surface area (Å²) in [5, 5.41) is 7.54. The van der Waals surface area contributed by atoms with Gasteiger partial charge in [-0.1, -0.05) is 23.3 Å². The second-order valence-corrected chi connectivity index (χ2v) is 5.08. The second kappa shape index (κ2) is 6.05. The van der Waals surface area contributed by atoms with Crippen LogP contribution in [0.15, 0.2) is 24.0 Å². The monoisotopic (exact) mass is 267 g/mol. The van der Waals surface area contributed by atoms with Crippen LogP contribution in [0.4, 0.5) is 0 Å². The molecule has 4 nitrogen and oxygen atoms in total. The van der Waals surface area contributed by atoms with Gasteiger partial charge in [-0.2, -0.15) is 5.10 Å². The number of halogens is 1. The van der Waals surface area contributed by atoms with Gasteiger partial charge in [0, 0.05) is 12.7 Å². The number of nitrogens with one attached hydrogen (secondary N) is 1. The van der Waals surface area contributed by atoms with Crippen LogP contribution in [0, 0.1) is 0 Å². The summed E-state index contributed by atoms with van der Waals surface area (Å²) < 4.78 is 1.58. The lowest BCUT2D eigenvalue weighted by atomic mass is 10.00. The molecule has 1 atom stereocenters. The molecule has 1 aromatic rings. The summed E-state index contributed by atoms with van der Waals surface area (Å²) in [5.74, 6) is -0.0266. The SMILES string of the molecule is CC(C(=O)NCC1=CCCCC1)n1cc(Cl)cn1. The van der Waals surface area contributed by atoms with E-state index in [1.165, 1.54) is 24.6 Å². The maximum absolute atomic E-state index is 12.0. The van der Waals surface area contributed by atoms with Gasteiger partial charge in [-0.25, -0.2) is 0 Å². The molecule has 1 amide bonds. The molecular formula is C13H18ClN3O. The van der Waals surface area contributed by atoms with Crippen LogP contribution < -0.4 is 5.32 Å². The Bertz CT molecular complexity index is 453. The summed E-state index contributed by atoms with van der Waals surface area (Å²) in [6.07, 6.45) is 10.2. The van der Waals surface area contributed by atoms with Crippen LogP contribution in [0.25, 0.3) is 0 Å². The van der Waals surface area contributed by atoms with Gasteiger partial charge >= 0.3 is 0 Å². The quantitative estimate of drug-likeness (QED) is 0.853. The molecule has 0 aliphatic heterocycles. The van der Waals surface area contributed by atoms with Crippen molar-refractivity contribution in [2.75, 3.05) is 6.54 Å². The Morgan fingerprint density at radius 1 is 1.61 bits per heavy atom. The van der Waals surface area contributed by atoms with Gasteiger partial charge in [0.15, 0.2) is 0 Å². The summed E-state index contributed by atoms with van der Waals surface area (Å²) in [5.41, 5.74) is 1.33. The highest BCUT2D eigenvalue weighted by Crippen LogP contribution is 2.16. The summed E-state index contributed by atoms with van der Waals surface area (Å²) in [6.45, 7) is 2.46. The molecule has 0 radical (unpaired) electrons. The lowest BCUT2D eigenvalue weighted by Crippen LogP contribution is -2.32. The van der Waals surface area contributed by atoms with Gasteiger partial charge < -0.3 is 5.32 Å². The van der Waals surface area contributed by atoms with Crippen molar-refractivity contribution in [3.8, 4) is 0 Å². The molecule has 0 spiro atoms. The van der Waals surface area contributed by atoms with Gasteiger partial charge in [0.2, 0.25) is 5.91 Å². The van der Waals surface area contributed by atoms with Crippen LogP contribution in [0.1, 0.15) is 38.6 Å². The Kier molecular flexibility index (Phi) is 4.42. The highest BCUT2D eigenvalue weighted by Gasteiger charge is 2.16. The molecule has 5 heteroatoms. The minimum Gasteiger partial charge on any atom is -0.351 e. The average Bonchev–Trinajstić information content (AvgIpc) is 2.83. The average molecular weight is 268 g/mol. The molecular weight excluding hydrogens is 250 g/mol. The molecule has 18 heavy (non-hydrogen) atoms. The summed E-state index contributed by atoms with van der Waals surface area (Å²) in [6, 6.07) is -0.332. The van der Waals surface area contributed by atoms with Gasteiger partial charge in [0.05, 0.1) is 11.2 Å². The minimum atomic E-state index is -0.332. The van der Waals surface area contributed by atoms with E-state index in [4.69, 9.17) is 11.6 Å². The first-order valence-electron chi connectivity index (χ1n) is 6.32. The maximum Gasteiger partial charge on any atom is 0.244 e. The highest BCUT2D eigenvalue weighted by molar-refractivity contribution is 6.30. The van der Waals surface area contributed by atoms with Crippen molar-refractivity contribution in [1.29, 1.82) is 0 Å². The molecule has 1 heterocycles. The molecule has 98 valence electrons. The van der Waals surface area contributed by atoms with Crippen molar-refractivity contribution < 1.29 is 4.79 Å². The smallest absolute Gasteiger partial charge is 0.244 e. The molecule has 0 saturated heterocycles. The number of allylic oxidation sites excluding steroid dienone is 1. The Labute approximate surface area is 112 Å². The fourth-order valence-electron chi connectivity index (χ4n) is 2.06. The lowest BCUT2D eigenvalue weighted by Gasteiger charge is -2.16. The maximum atomic E-state index is 12.0. The van der Waals surface area contributed by atoms with Crippen molar-refractivity contribution in [1.82, 2.24) is 15.1 Å². The first-order chi connectivity index (χ1) is 8.66. The van der Waals surface area contributed by atoms with Crippen LogP contribution in [-0.2, 0) is 4.79 Å². The summed E-state index contributed by atoms with van der Waals surface area (Å²) in [4.78, 5) is 12.0. The molecule has 0 fully saturated rings. The second-order valence-electron chi connectivity index (χ2n) is 4.64. The third kappa shape index (κ3) is 3.35. The summed E-state index contributed by atoms with van der Waals surface area (Å²) >= 11 is 5.78. The Morgan fingerprint density at radius 2 is 2.44 bits per heavy atom. The normalized spacial score (nSPS) is 17.1. The minimum absolute atomic E-state index is 0.0266. The van der Waals surface area contributed by atoms with Gasteiger partial charge in [0.25, 0.3) is 0 Å². The molecule has 2 rings (SSSR count). The van der Waals surface area contributed by atoms with E-state index in [1.54, 1.807) is 10.9 Å². The van der Waals surface area contributed by atoms with Crippen molar-refractivity contribution in [3.05, 3.63) is 29.1 Å². The number of carbonyl (C=O) groups excluding carboxylic acids is 1. The van der Waals surface area contributed by atoms with Crippen molar-refractivity contribution >= 4 is 17.5 Å². The third-order valence-corrected chi connectivity index (χ3v) is 3.42. The van der Waals surface area contributed by atoms with Crippen LogP contribution >= 0.6 is 11.6 Å². The number of hydrogen-bond donors (Lipinski definition) is 1. The molecule has 0 bridgehead atoms. The van der Waals surface area contributed by atoms with E-state index < -0.39 is 0 Å². The van der Waals surface area contributed by atoms with E-state index in [2.05, 4.69) is 16.5 Å². The molecule has 1 aromatic heterocycles. The predicted octanol–water partition coefficient (Wildman–Crippen LogP) is 2.71.